The molecule has 2 amide bonds. The lowest BCUT2D eigenvalue weighted by Gasteiger charge is -2.35. The molecular formula is C32H44N2O4S. The molecule has 4 N–H and O–H groups in total. The minimum Gasteiger partial charge on any atom is -0.433 e. The van der Waals surface area contributed by atoms with Crippen LogP contribution in [-0.4, -0.2) is 35.4 Å². The molecule has 3 rings (SSSR count). The van der Waals surface area contributed by atoms with Crippen LogP contribution in [0.3, 0.4) is 0 Å². The molecule has 0 saturated carbocycles. The first-order valence-electron chi connectivity index (χ1n) is 14.3. The van der Waals surface area contributed by atoms with Gasteiger partial charge >= 0.3 is 6.09 Å². The highest BCUT2D eigenvalue weighted by Gasteiger charge is 2.44. The standard InChI is InChI=1S/C32H44N2O4S/c1-3-4-5-6-7-9-14-24(2)20-32(38-31(33)37,21-26-23-39-29-18-13-12-17-28(26)29)30(36)34-27(22-35)19-25-15-10-8-11-16-25/h8,10-13,15-18,23-24,27,35H,3-7,9,14,19-22H2,1-2H3,(H2,33,37)(H,34,36). The molecule has 3 aromatic rings. The number of rotatable bonds is 17. The number of hydrogen-bond acceptors (Lipinski definition) is 5. The second-order valence-corrected chi connectivity index (χ2v) is 11.7. The number of benzene rings is 2. The zero-order valence-electron chi connectivity index (χ0n) is 23.4. The third-order valence-corrected chi connectivity index (χ3v) is 8.37. The molecule has 0 radical (unpaired) electrons. The lowest BCUT2D eigenvalue weighted by molar-refractivity contribution is -0.142. The summed E-state index contributed by atoms with van der Waals surface area (Å²) in [4.78, 5) is 26.3. The number of unbranched alkanes of at least 4 members (excludes halogenated alkanes) is 5. The van der Waals surface area contributed by atoms with E-state index in [-0.39, 0.29) is 18.9 Å². The van der Waals surface area contributed by atoms with E-state index in [2.05, 4.69) is 19.2 Å². The van der Waals surface area contributed by atoms with Crippen LogP contribution in [0.1, 0.15) is 76.3 Å². The van der Waals surface area contributed by atoms with Crippen LogP contribution in [-0.2, 0) is 22.4 Å². The molecule has 2 aromatic carbocycles. The zero-order chi connectivity index (χ0) is 28.1. The van der Waals surface area contributed by atoms with Gasteiger partial charge in [0.25, 0.3) is 5.91 Å². The highest BCUT2D eigenvalue weighted by molar-refractivity contribution is 7.17. The smallest absolute Gasteiger partial charge is 0.405 e. The third-order valence-electron chi connectivity index (χ3n) is 7.36. The number of ether oxygens (including phenoxy) is 1. The normalized spacial score (nSPS) is 14.4. The van der Waals surface area contributed by atoms with Crippen LogP contribution in [0.4, 0.5) is 4.79 Å². The maximum absolute atomic E-state index is 14.1. The summed E-state index contributed by atoms with van der Waals surface area (Å²) in [6.45, 7) is 4.09. The van der Waals surface area contributed by atoms with Crippen LogP contribution in [0.15, 0.2) is 60.0 Å². The Bertz CT molecular complexity index is 1170. The largest absolute Gasteiger partial charge is 0.433 e. The predicted molar refractivity (Wildman–Crippen MR) is 160 cm³/mol. The lowest BCUT2D eigenvalue weighted by Crippen LogP contribution is -2.56. The molecule has 0 aliphatic heterocycles. The second kappa shape index (κ2) is 15.6. The molecular weight excluding hydrogens is 508 g/mol. The average Bonchev–Trinajstić information content (AvgIpc) is 3.32. The average molecular weight is 553 g/mol. The first-order valence-corrected chi connectivity index (χ1v) is 15.1. The fourth-order valence-corrected chi connectivity index (χ4v) is 6.32. The topological polar surface area (TPSA) is 102 Å². The van der Waals surface area contributed by atoms with E-state index in [1.54, 1.807) is 11.3 Å². The van der Waals surface area contributed by atoms with Crippen molar-refractivity contribution in [2.24, 2.45) is 11.7 Å². The van der Waals surface area contributed by atoms with E-state index in [4.69, 9.17) is 10.5 Å². The summed E-state index contributed by atoms with van der Waals surface area (Å²) in [5, 5.41) is 16.2. The lowest BCUT2D eigenvalue weighted by atomic mass is 9.82. The molecule has 3 atom stereocenters. The Morgan fingerprint density at radius 2 is 1.72 bits per heavy atom. The van der Waals surface area contributed by atoms with Gasteiger partial charge in [0.2, 0.25) is 0 Å². The molecule has 1 aromatic heterocycles. The molecule has 0 saturated heterocycles. The van der Waals surface area contributed by atoms with Crippen LogP contribution >= 0.6 is 11.3 Å². The second-order valence-electron chi connectivity index (χ2n) is 10.8. The number of aliphatic hydroxyl groups excluding tert-OH is 1. The van der Waals surface area contributed by atoms with Crippen LogP contribution in [0.25, 0.3) is 10.1 Å². The van der Waals surface area contributed by atoms with Crippen molar-refractivity contribution in [3.63, 3.8) is 0 Å². The van der Waals surface area contributed by atoms with Crippen molar-refractivity contribution in [1.82, 2.24) is 5.32 Å². The van der Waals surface area contributed by atoms with Gasteiger partial charge in [0.15, 0.2) is 5.60 Å². The summed E-state index contributed by atoms with van der Waals surface area (Å²) in [5.41, 5.74) is 6.06. The molecule has 39 heavy (non-hydrogen) atoms. The Balaban J connectivity index is 1.85. The van der Waals surface area contributed by atoms with Crippen molar-refractivity contribution < 1.29 is 19.4 Å². The van der Waals surface area contributed by atoms with Crippen molar-refractivity contribution in [1.29, 1.82) is 0 Å². The number of hydrogen-bond donors (Lipinski definition) is 3. The van der Waals surface area contributed by atoms with Gasteiger partial charge in [-0.25, -0.2) is 4.79 Å². The van der Waals surface area contributed by atoms with Crippen molar-refractivity contribution >= 4 is 33.4 Å². The van der Waals surface area contributed by atoms with Crippen LogP contribution in [0, 0.1) is 5.92 Å². The summed E-state index contributed by atoms with van der Waals surface area (Å²) in [7, 11) is 0. The van der Waals surface area contributed by atoms with Gasteiger partial charge in [0.05, 0.1) is 12.6 Å². The quantitative estimate of drug-likeness (QED) is 0.161. The van der Waals surface area contributed by atoms with E-state index < -0.39 is 23.6 Å². The number of nitrogens with two attached hydrogens (primary N) is 1. The zero-order valence-corrected chi connectivity index (χ0v) is 24.2. The summed E-state index contributed by atoms with van der Waals surface area (Å²) in [6.07, 6.45) is 8.14. The van der Waals surface area contributed by atoms with Crippen LogP contribution in [0.2, 0.25) is 0 Å². The molecule has 0 aliphatic rings. The Kier molecular flexibility index (Phi) is 12.3. The van der Waals surface area contributed by atoms with Crippen LogP contribution < -0.4 is 11.1 Å². The Morgan fingerprint density at radius 3 is 2.44 bits per heavy atom. The van der Waals surface area contributed by atoms with E-state index in [1.807, 2.05) is 60.0 Å². The van der Waals surface area contributed by atoms with Gasteiger partial charge in [-0.3, -0.25) is 4.79 Å². The number of thiophene rings is 1. The Hall–Kier alpha value is -2.90. The number of fused-ring (bicyclic) bond motifs is 1. The van der Waals surface area contributed by atoms with Gasteiger partial charge in [-0.2, -0.15) is 0 Å². The van der Waals surface area contributed by atoms with E-state index in [1.165, 1.54) is 25.7 Å². The van der Waals surface area contributed by atoms with E-state index in [9.17, 15) is 14.7 Å². The monoisotopic (exact) mass is 552 g/mol. The number of nitrogens with one attached hydrogen (secondary N) is 1. The fraction of sp³-hybridized carbons (Fsp3) is 0.500. The van der Waals surface area contributed by atoms with Crippen molar-refractivity contribution in [3.05, 3.63) is 71.1 Å². The van der Waals surface area contributed by atoms with Gasteiger partial charge in [-0.1, -0.05) is 107 Å². The predicted octanol–water partition coefficient (Wildman–Crippen LogP) is 6.77. The van der Waals surface area contributed by atoms with Crippen LogP contribution in [0.5, 0.6) is 0 Å². The number of carbonyl (C=O) groups is 2. The summed E-state index contributed by atoms with van der Waals surface area (Å²) < 4.78 is 6.91. The molecule has 6 nitrogen and oxygen atoms in total. The van der Waals surface area contributed by atoms with E-state index in [0.717, 1.165) is 40.5 Å². The van der Waals surface area contributed by atoms with Crippen molar-refractivity contribution in [2.75, 3.05) is 6.61 Å². The molecule has 0 aliphatic carbocycles. The number of amides is 2. The first-order chi connectivity index (χ1) is 18.9. The first kappa shape index (κ1) is 30.6. The molecule has 7 heteroatoms. The highest BCUT2D eigenvalue weighted by atomic mass is 32.1. The van der Waals surface area contributed by atoms with Gasteiger partial charge in [-0.05, 0) is 46.7 Å². The van der Waals surface area contributed by atoms with Gasteiger partial charge in [-0.15, -0.1) is 11.3 Å². The maximum Gasteiger partial charge on any atom is 0.405 e. The molecule has 212 valence electrons. The fourth-order valence-electron chi connectivity index (χ4n) is 5.35. The summed E-state index contributed by atoms with van der Waals surface area (Å²) in [5.74, 6) is -0.283. The van der Waals surface area contributed by atoms with Crippen molar-refractivity contribution in [2.45, 2.75) is 89.7 Å². The van der Waals surface area contributed by atoms with E-state index in [0.29, 0.717) is 12.8 Å². The molecule has 0 bridgehead atoms. The van der Waals surface area contributed by atoms with E-state index >= 15 is 0 Å². The maximum atomic E-state index is 14.1. The Morgan fingerprint density at radius 1 is 1.03 bits per heavy atom. The highest BCUT2D eigenvalue weighted by Crippen LogP contribution is 2.34. The summed E-state index contributed by atoms with van der Waals surface area (Å²) >= 11 is 1.60. The number of carbonyl (C=O) groups excluding carboxylic acids is 2. The van der Waals surface area contributed by atoms with Gasteiger partial charge in [0, 0.05) is 11.1 Å². The summed E-state index contributed by atoms with van der Waals surface area (Å²) in [6, 6.07) is 17.2. The molecule has 0 spiro atoms. The minimum atomic E-state index is -1.48. The number of aliphatic hydroxyl groups is 1. The minimum absolute atomic E-state index is 0.132. The van der Waals surface area contributed by atoms with Gasteiger partial charge < -0.3 is 20.9 Å². The van der Waals surface area contributed by atoms with Crippen molar-refractivity contribution in [3.8, 4) is 0 Å². The third kappa shape index (κ3) is 9.36. The molecule has 1 heterocycles. The van der Waals surface area contributed by atoms with Gasteiger partial charge in [0.1, 0.15) is 0 Å². The number of primary amides is 1. The molecule has 0 fully saturated rings. The Labute approximate surface area is 237 Å². The SMILES string of the molecule is CCCCCCCCC(C)CC(Cc1csc2ccccc12)(OC(N)=O)C(=O)NC(CO)Cc1ccccc1. The molecule has 3 unspecified atom stereocenters.